The Kier molecular flexibility index (Phi) is 4.61. The molecule has 0 heterocycles. The first-order valence-corrected chi connectivity index (χ1v) is 9.80. The molecule has 0 aromatic carbocycles. The van der Waals surface area contributed by atoms with Crippen molar-refractivity contribution in [3.8, 4) is 0 Å². The average Bonchev–Trinajstić information content (AvgIpc) is 2.45. The smallest absolute Gasteiger partial charge is 0.330 e. The van der Waals surface area contributed by atoms with Gasteiger partial charge in [0.15, 0.2) is 0 Å². The Bertz CT molecular complexity index is 535. The van der Waals surface area contributed by atoms with Crippen LogP contribution in [0, 0.1) is 22.7 Å². The first kappa shape index (κ1) is 18.0. The third-order valence-corrected chi connectivity index (χ3v) is 7.48. The van der Waals surface area contributed by atoms with Gasteiger partial charge < -0.3 is 9.84 Å². The lowest BCUT2D eigenvalue weighted by Crippen LogP contribution is -2.59. The van der Waals surface area contributed by atoms with Crippen molar-refractivity contribution in [2.45, 2.75) is 84.7 Å². The van der Waals surface area contributed by atoms with E-state index in [1.807, 2.05) is 6.92 Å². The van der Waals surface area contributed by atoms with Crippen LogP contribution in [0.25, 0.3) is 0 Å². The number of carbonyl (C=O) groups is 1. The fraction of sp³-hybridized carbons (Fsp3) is 0.857. The molecular weight excluding hydrogens is 300 g/mol. The fourth-order valence-corrected chi connectivity index (χ4v) is 6.58. The van der Waals surface area contributed by atoms with E-state index in [4.69, 9.17) is 4.74 Å². The van der Waals surface area contributed by atoms with Gasteiger partial charge in [-0.25, -0.2) is 4.79 Å². The molecule has 3 fully saturated rings. The van der Waals surface area contributed by atoms with Crippen molar-refractivity contribution in [2.75, 3.05) is 6.61 Å². The molecular formula is C21H34O3. The average molecular weight is 335 g/mol. The second-order valence-electron chi connectivity index (χ2n) is 9.37. The van der Waals surface area contributed by atoms with E-state index in [0.29, 0.717) is 30.3 Å². The van der Waals surface area contributed by atoms with Gasteiger partial charge in [0.1, 0.15) is 0 Å². The summed E-state index contributed by atoms with van der Waals surface area (Å²) < 4.78 is 5.05. The van der Waals surface area contributed by atoms with E-state index in [1.165, 1.54) is 19.3 Å². The molecule has 0 saturated heterocycles. The molecule has 0 bridgehead atoms. The predicted molar refractivity (Wildman–Crippen MR) is 95.5 cm³/mol. The molecule has 0 aliphatic heterocycles. The summed E-state index contributed by atoms with van der Waals surface area (Å²) in [5.74, 6) is 0.815. The molecule has 1 N–H and O–H groups in total. The van der Waals surface area contributed by atoms with E-state index in [0.717, 1.165) is 31.3 Å². The molecule has 0 amide bonds. The van der Waals surface area contributed by atoms with Gasteiger partial charge in [-0.3, -0.25) is 0 Å². The van der Waals surface area contributed by atoms with Crippen LogP contribution in [-0.2, 0) is 9.53 Å². The summed E-state index contributed by atoms with van der Waals surface area (Å²) in [5, 5.41) is 11.5. The number of hydrogen-bond acceptors (Lipinski definition) is 3. The summed E-state index contributed by atoms with van der Waals surface area (Å²) in [6.45, 7) is 9.52. The van der Waals surface area contributed by atoms with Gasteiger partial charge in [-0.1, -0.05) is 32.8 Å². The Labute approximate surface area is 146 Å². The van der Waals surface area contributed by atoms with Gasteiger partial charge in [0.25, 0.3) is 0 Å². The van der Waals surface area contributed by atoms with Crippen LogP contribution in [0.1, 0.15) is 79.1 Å². The van der Waals surface area contributed by atoms with Crippen molar-refractivity contribution >= 4 is 5.97 Å². The standard InChI is InChI=1S/C21H34O3/c1-5-24-18(22)13-15-7-8-17-20(4)11-6-10-19(2,3)16(20)9-12-21(17,23)14-15/h13,16-17,23H,5-12,14H2,1-4H3/b15-13-/t16?,17-,20+,21-/m1/s1. The second kappa shape index (κ2) is 6.16. The lowest BCUT2D eigenvalue weighted by Gasteiger charge is -2.63. The van der Waals surface area contributed by atoms with Crippen LogP contribution in [0.15, 0.2) is 11.6 Å². The topological polar surface area (TPSA) is 46.5 Å². The summed E-state index contributed by atoms with van der Waals surface area (Å²) in [5.41, 5.74) is 1.07. The van der Waals surface area contributed by atoms with Crippen LogP contribution in [0.4, 0.5) is 0 Å². The molecule has 3 aliphatic carbocycles. The van der Waals surface area contributed by atoms with Crippen LogP contribution < -0.4 is 0 Å². The van der Waals surface area contributed by atoms with Gasteiger partial charge in [0.05, 0.1) is 12.2 Å². The van der Waals surface area contributed by atoms with Crippen LogP contribution in [-0.4, -0.2) is 23.3 Å². The molecule has 4 atom stereocenters. The van der Waals surface area contributed by atoms with Gasteiger partial charge in [-0.15, -0.1) is 0 Å². The zero-order valence-electron chi connectivity index (χ0n) is 15.9. The number of rotatable bonds is 2. The quantitative estimate of drug-likeness (QED) is 0.591. The molecule has 3 saturated carbocycles. The van der Waals surface area contributed by atoms with Gasteiger partial charge in [-0.05, 0) is 74.5 Å². The molecule has 136 valence electrons. The number of aliphatic hydroxyl groups is 1. The maximum Gasteiger partial charge on any atom is 0.330 e. The summed E-state index contributed by atoms with van der Waals surface area (Å²) >= 11 is 0. The molecule has 3 heteroatoms. The monoisotopic (exact) mass is 334 g/mol. The third-order valence-electron chi connectivity index (χ3n) is 7.48. The first-order chi connectivity index (χ1) is 11.2. The minimum atomic E-state index is -0.630. The summed E-state index contributed by atoms with van der Waals surface area (Å²) in [7, 11) is 0. The van der Waals surface area contributed by atoms with E-state index in [1.54, 1.807) is 6.08 Å². The number of esters is 1. The van der Waals surface area contributed by atoms with Gasteiger partial charge in [0.2, 0.25) is 0 Å². The van der Waals surface area contributed by atoms with Crippen molar-refractivity contribution in [2.24, 2.45) is 22.7 Å². The van der Waals surface area contributed by atoms with Gasteiger partial charge in [0, 0.05) is 6.08 Å². The van der Waals surface area contributed by atoms with E-state index in [-0.39, 0.29) is 11.4 Å². The van der Waals surface area contributed by atoms with E-state index < -0.39 is 5.60 Å². The summed E-state index contributed by atoms with van der Waals surface area (Å²) in [4.78, 5) is 11.8. The molecule has 3 nitrogen and oxygen atoms in total. The Hall–Kier alpha value is -0.830. The van der Waals surface area contributed by atoms with Crippen molar-refractivity contribution in [3.05, 3.63) is 11.6 Å². The van der Waals surface area contributed by atoms with Crippen molar-refractivity contribution in [1.82, 2.24) is 0 Å². The second-order valence-corrected chi connectivity index (χ2v) is 9.37. The highest BCUT2D eigenvalue weighted by Gasteiger charge is 2.60. The highest BCUT2D eigenvalue weighted by atomic mass is 16.5. The minimum Gasteiger partial charge on any atom is -0.463 e. The normalized spacial score (nSPS) is 43.0. The number of fused-ring (bicyclic) bond motifs is 3. The molecule has 0 spiro atoms. The van der Waals surface area contributed by atoms with Crippen molar-refractivity contribution in [1.29, 1.82) is 0 Å². The SMILES string of the molecule is CCOC(=O)/C=C1/CC[C@H]2[C@@](O)(CCC3C(C)(C)CCC[C@@]32C)C1. The largest absolute Gasteiger partial charge is 0.463 e. The lowest BCUT2D eigenvalue weighted by atomic mass is 9.43. The first-order valence-electron chi connectivity index (χ1n) is 9.80. The Balaban J connectivity index is 1.83. The molecule has 3 aliphatic rings. The number of hydrogen-bond donors (Lipinski definition) is 1. The Morgan fingerprint density at radius 2 is 1.96 bits per heavy atom. The molecule has 0 radical (unpaired) electrons. The maximum atomic E-state index is 11.8. The Morgan fingerprint density at radius 1 is 1.21 bits per heavy atom. The highest BCUT2D eigenvalue weighted by molar-refractivity contribution is 5.82. The molecule has 0 aromatic rings. The third kappa shape index (κ3) is 2.94. The lowest BCUT2D eigenvalue weighted by molar-refractivity contribution is -0.182. The minimum absolute atomic E-state index is 0.240. The van der Waals surface area contributed by atoms with Crippen LogP contribution in [0.3, 0.4) is 0 Å². The fourth-order valence-electron chi connectivity index (χ4n) is 6.58. The van der Waals surface area contributed by atoms with Crippen LogP contribution in [0.2, 0.25) is 0 Å². The van der Waals surface area contributed by atoms with E-state index in [9.17, 15) is 9.90 Å². The number of carbonyl (C=O) groups excluding carboxylic acids is 1. The molecule has 3 rings (SSSR count). The molecule has 24 heavy (non-hydrogen) atoms. The zero-order valence-corrected chi connectivity index (χ0v) is 15.9. The maximum absolute atomic E-state index is 11.8. The Morgan fingerprint density at radius 3 is 2.67 bits per heavy atom. The van der Waals surface area contributed by atoms with E-state index in [2.05, 4.69) is 20.8 Å². The molecule has 1 unspecified atom stereocenters. The summed E-state index contributed by atoms with van der Waals surface area (Å²) in [6, 6.07) is 0. The highest BCUT2D eigenvalue weighted by Crippen LogP contribution is 2.65. The van der Waals surface area contributed by atoms with Crippen molar-refractivity contribution < 1.29 is 14.6 Å². The predicted octanol–water partition coefficient (Wildman–Crippen LogP) is 4.63. The van der Waals surface area contributed by atoms with Crippen LogP contribution >= 0.6 is 0 Å². The van der Waals surface area contributed by atoms with Crippen LogP contribution in [0.5, 0.6) is 0 Å². The zero-order chi connectivity index (χ0) is 17.6. The molecule has 0 aromatic heterocycles. The van der Waals surface area contributed by atoms with Gasteiger partial charge >= 0.3 is 5.97 Å². The summed E-state index contributed by atoms with van der Waals surface area (Å²) in [6.07, 6.45) is 10.0. The number of ether oxygens (including phenoxy) is 1. The van der Waals surface area contributed by atoms with E-state index >= 15 is 0 Å². The van der Waals surface area contributed by atoms with Crippen molar-refractivity contribution in [3.63, 3.8) is 0 Å². The van der Waals surface area contributed by atoms with Gasteiger partial charge in [-0.2, -0.15) is 0 Å².